The highest BCUT2D eigenvalue weighted by molar-refractivity contribution is 7.80. The molecule has 2 rings (SSSR count). The van der Waals surface area contributed by atoms with Gasteiger partial charge in [0.1, 0.15) is 11.6 Å². The van der Waals surface area contributed by atoms with E-state index in [0.29, 0.717) is 19.5 Å². The summed E-state index contributed by atoms with van der Waals surface area (Å²) in [6.07, 6.45) is 0.668. The van der Waals surface area contributed by atoms with E-state index >= 15 is 0 Å². The highest BCUT2D eigenvalue weighted by Gasteiger charge is 2.21. The van der Waals surface area contributed by atoms with E-state index in [1.54, 1.807) is 12.1 Å². The second-order valence-corrected chi connectivity index (χ2v) is 6.46. The average molecular weight is 409 g/mol. The van der Waals surface area contributed by atoms with Crippen molar-refractivity contribution in [1.29, 1.82) is 0 Å². The van der Waals surface area contributed by atoms with Crippen molar-refractivity contribution in [1.82, 2.24) is 14.9 Å². The lowest BCUT2D eigenvalue weighted by Crippen LogP contribution is -2.46. The van der Waals surface area contributed by atoms with E-state index < -0.39 is 11.2 Å². The van der Waals surface area contributed by atoms with Crippen molar-refractivity contribution in [3.05, 3.63) is 56.5 Å². The number of hydrogen-bond acceptors (Lipinski definition) is 5. The molecule has 0 saturated carbocycles. The van der Waals surface area contributed by atoms with Crippen LogP contribution in [-0.2, 0) is 17.8 Å². The van der Waals surface area contributed by atoms with Gasteiger partial charge >= 0.3 is 5.69 Å². The first-order valence-corrected chi connectivity index (χ1v) is 9.21. The molecule has 152 valence electrons. The van der Waals surface area contributed by atoms with E-state index in [9.17, 15) is 14.0 Å². The maximum absolute atomic E-state index is 13.0. The van der Waals surface area contributed by atoms with Crippen molar-refractivity contribution in [2.24, 2.45) is 0 Å². The Morgan fingerprint density at radius 2 is 2.04 bits per heavy atom. The van der Waals surface area contributed by atoms with Crippen molar-refractivity contribution < 1.29 is 9.13 Å². The molecule has 10 heteroatoms. The lowest BCUT2D eigenvalue weighted by Gasteiger charge is -2.27. The number of nitrogens with two attached hydrogens (primary N) is 1. The van der Waals surface area contributed by atoms with Gasteiger partial charge < -0.3 is 20.7 Å². The molecular formula is C18H24FN5O3S. The number of nitrogen functional groups attached to an aromatic ring is 1. The first kappa shape index (κ1) is 21.6. The Morgan fingerprint density at radius 3 is 2.64 bits per heavy atom. The van der Waals surface area contributed by atoms with Gasteiger partial charge in [0.05, 0.1) is 6.61 Å². The number of benzene rings is 1. The van der Waals surface area contributed by atoms with Crippen LogP contribution >= 0.6 is 12.2 Å². The van der Waals surface area contributed by atoms with Crippen LogP contribution in [0.2, 0.25) is 0 Å². The zero-order valence-corrected chi connectivity index (χ0v) is 16.6. The summed E-state index contributed by atoms with van der Waals surface area (Å²) < 4.78 is 19.5. The Morgan fingerprint density at radius 1 is 1.36 bits per heavy atom. The molecule has 8 nitrogen and oxygen atoms in total. The smallest absolute Gasteiger partial charge is 0.330 e. The largest absolute Gasteiger partial charge is 0.383 e. The number of thiocarbonyl (C=S) groups is 1. The maximum Gasteiger partial charge on any atom is 0.330 e. The molecule has 0 atom stereocenters. The first-order chi connectivity index (χ1) is 13.4. The molecule has 0 amide bonds. The second-order valence-electron chi connectivity index (χ2n) is 6.07. The molecule has 0 unspecified atom stereocenters. The Bertz CT molecular complexity index is 926. The number of halogens is 1. The van der Waals surface area contributed by atoms with Crippen molar-refractivity contribution >= 4 is 28.8 Å². The molecule has 0 spiro atoms. The predicted molar refractivity (Wildman–Crippen MR) is 111 cm³/mol. The number of rotatable bonds is 8. The molecule has 28 heavy (non-hydrogen) atoms. The maximum atomic E-state index is 13.0. The Kier molecular flexibility index (Phi) is 7.70. The molecule has 1 aromatic heterocycles. The zero-order chi connectivity index (χ0) is 20.7. The van der Waals surface area contributed by atoms with Crippen molar-refractivity contribution in [3.63, 3.8) is 0 Å². The summed E-state index contributed by atoms with van der Waals surface area (Å²) in [7, 11) is 1.53. The first-order valence-electron chi connectivity index (χ1n) is 8.80. The molecule has 0 bridgehead atoms. The average Bonchev–Trinajstić information content (AvgIpc) is 2.66. The van der Waals surface area contributed by atoms with Crippen LogP contribution in [0.15, 0.2) is 33.9 Å². The molecule has 2 aromatic rings. The van der Waals surface area contributed by atoms with Gasteiger partial charge in [0.15, 0.2) is 10.8 Å². The van der Waals surface area contributed by atoms with Gasteiger partial charge in [-0.1, -0.05) is 19.1 Å². The van der Waals surface area contributed by atoms with E-state index in [4.69, 9.17) is 22.7 Å². The van der Waals surface area contributed by atoms with E-state index in [1.165, 1.54) is 28.7 Å². The number of H-pyrrole nitrogens is 1. The summed E-state index contributed by atoms with van der Waals surface area (Å²) in [5, 5.41) is 3.27. The molecular weight excluding hydrogens is 385 g/mol. The van der Waals surface area contributed by atoms with Gasteiger partial charge in [0, 0.05) is 26.7 Å². The quantitative estimate of drug-likeness (QED) is 0.563. The predicted octanol–water partition coefficient (Wildman–Crippen LogP) is 1.20. The molecule has 0 aliphatic carbocycles. The van der Waals surface area contributed by atoms with Crippen molar-refractivity contribution in [2.75, 3.05) is 30.9 Å². The number of nitrogens with zero attached hydrogens (tertiary/aromatic N) is 2. The monoisotopic (exact) mass is 409 g/mol. The third-order valence-electron chi connectivity index (χ3n) is 4.05. The van der Waals surface area contributed by atoms with E-state index in [1.807, 2.05) is 6.92 Å². The third-order valence-corrected chi connectivity index (χ3v) is 4.42. The van der Waals surface area contributed by atoms with Crippen LogP contribution in [0.4, 0.5) is 15.9 Å². The number of aromatic amines is 1. The summed E-state index contributed by atoms with van der Waals surface area (Å²) >= 11 is 5.45. The van der Waals surface area contributed by atoms with Gasteiger partial charge in [0.2, 0.25) is 0 Å². The number of nitrogens with one attached hydrogen (secondary N) is 2. The van der Waals surface area contributed by atoms with Gasteiger partial charge in [-0.05, 0) is 36.3 Å². The molecule has 4 N–H and O–H groups in total. The second kappa shape index (κ2) is 10.00. The summed E-state index contributed by atoms with van der Waals surface area (Å²) in [6.45, 7) is 3.12. The minimum Gasteiger partial charge on any atom is -0.383 e. The number of anilines is 2. The number of aromatic nitrogens is 2. The number of hydrogen-bond donors (Lipinski definition) is 3. The van der Waals surface area contributed by atoms with Gasteiger partial charge in [0.25, 0.3) is 5.56 Å². The number of ether oxygens (including phenoxy) is 1. The van der Waals surface area contributed by atoms with Crippen LogP contribution in [0.25, 0.3) is 0 Å². The van der Waals surface area contributed by atoms with Crippen LogP contribution in [0, 0.1) is 5.82 Å². The van der Waals surface area contributed by atoms with E-state index in [-0.39, 0.29) is 35.6 Å². The van der Waals surface area contributed by atoms with E-state index in [2.05, 4.69) is 10.3 Å². The van der Waals surface area contributed by atoms with Gasteiger partial charge in [-0.2, -0.15) is 0 Å². The SMILES string of the molecule is CCCn1c(N)c(N(CCOC)C(=S)NCc2ccc(F)cc2)c(=O)[nH]c1=O. The third kappa shape index (κ3) is 5.17. The molecule has 0 aliphatic heterocycles. The van der Waals surface area contributed by atoms with Gasteiger partial charge in [-0.15, -0.1) is 0 Å². The van der Waals surface area contributed by atoms with Crippen LogP contribution in [0.5, 0.6) is 0 Å². The highest BCUT2D eigenvalue weighted by atomic mass is 32.1. The highest BCUT2D eigenvalue weighted by Crippen LogP contribution is 2.17. The molecule has 1 heterocycles. The molecule has 0 radical (unpaired) electrons. The standard InChI is InChI=1S/C18H24FN5O3S/c1-3-8-24-15(20)14(16(25)22-17(24)26)23(9-10-27-2)18(28)21-11-12-4-6-13(19)7-5-12/h4-7H,3,8-11,20H2,1-2H3,(H,21,28)(H,22,25,26). The van der Waals surface area contributed by atoms with Crippen molar-refractivity contribution in [2.45, 2.75) is 26.4 Å². The normalized spacial score (nSPS) is 10.7. The molecule has 0 fully saturated rings. The van der Waals surface area contributed by atoms with Gasteiger partial charge in [-0.3, -0.25) is 14.3 Å². The number of methoxy groups -OCH3 is 1. The van der Waals surface area contributed by atoms with Crippen LogP contribution in [-0.4, -0.2) is 34.9 Å². The lowest BCUT2D eigenvalue weighted by atomic mass is 10.2. The Hall–Kier alpha value is -2.72. The molecule has 1 aromatic carbocycles. The van der Waals surface area contributed by atoms with E-state index in [0.717, 1.165) is 5.56 Å². The summed E-state index contributed by atoms with van der Waals surface area (Å²) in [5.74, 6) is -0.289. The fraction of sp³-hybridized carbons (Fsp3) is 0.389. The van der Waals surface area contributed by atoms with Crippen LogP contribution < -0.4 is 27.2 Å². The Balaban J connectivity index is 2.33. The molecule has 0 saturated heterocycles. The van der Waals surface area contributed by atoms with Gasteiger partial charge in [-0.25, -0.2) is 9.18 Å². The minimum absolute atomic E-state index is 0.0395. The summed E-state index contributed by atoms with van der Waals surface area (Å²) in [5.41, 5.74) is 5.84. The fourth-order valence-electron chi connectivity index (χ4n) is 2.66. The lowest BCUT2D eigenvalue weighted by molar-refractivity contribution is 0.207. The fourth-order valence-corrected chi connectivity index (χ4v) is 2.91. The summed E-state index contributed by atoms with van der Waals surface area (Å²) in [6, 6.07) is 5.97. The summed E-state index contributed by atoms with van der Waals surface area (Å²) in [4.78, 5) is 28.3. The topological polar surface area (TPSA) is 105 Å². The zero-order valence-electron chi connectivity index (χ0n) is 15.8. The molecule has 0 aliphatic rings. The minimum atomic E-state index is -0.628. The van der Waals surface area contributed by atoms with Crippen molar-refractivity contribution in [3.8, 4) is 0 Å². The van der Waals surface area contributed by atoms with Crippen LogP contribution in [0.3, 0.4) is 0 Å². The van der Waals surface area contributed by atoms with Crippen LogP contribution in [0.1, 0.15) is 18.9 Å². The Labute approximate surface area is 167 Å².